The Bertz CT molecular complexity index is 1020. The van der Waals surface area contributed by atoms with Crippen LogP contribution in [-0.4, -0.2) is 20.9 Å². The standard InChI is InChI=1S/C18H12N4O/c23-18(22-15-5-1-2-10-19-15)14-9-8-13-7-6-12-4-3-11-20-16(12)17(13)21-14/h1-11H,(H,19,22,23). The molecule has 3 aromatic heterocycles. The van der Waals surface area contributed by atoms with E-state index in [1.165, 1.54) is 0 Å². The maximum atomic E-state index is 12.4. The molecule has 5 heteroatoms. The summed E-state index contributed by atoms with van der Waals surface area (Å²) in [6.45, 7) is 0. The Hall–Kier alpha value is -3.34. The summed E-state index contributed by atoms with van der Waals surface area (Å²) in [5.74, 6) is 0.203. The molecular formula is C18H12N4O. The van der Waals surface area contributed by atoms with Crippen LogP contribution in [0.1, 0.15) is 10.5 Å². The molecule has 4 rings (SSSR count). The lowest BCUT2D eigenvalue weighted by molar-refractivity contribution is 0.102. The fraction of sp³-hybridized carbons (Fsp3) is 0. The molecule has 110 valence electrons. The van der Waals surface area contributed by atoms with Gasteiger partial charge in [-0.2, -0.15) is 0 Å². The summed E-state index contributed by atoms with van der Waals surface area (Å²) in [7, 11) is 0. The molecule has 23 heavy (non-hydrogen) atoms. The number of nitrogens with zero attached hydrogens (tertiary/aromatic N) is 3. The van der Waals surface area contributed by atoms with Gasteiger partial charge in [0.1, 0.15) is 11.5 Å². The molecule has 0 saturated carbocycles. The number of amides is 1. The fourth-order valence-electron chi connectivity index (χ4n) is 2.47. The molecule has 0 fully saturated rings. The first-order chi connectivity index (χ1) is 11.3. The van der Waals surface area contributed by atoms with Crippen molar-refractivity contribution in [3.63, 3.8) is 0 Å². The highest BCUT2D eigenvalue weighted by atomic mass is 16.1. The van der Waals surface area contributed by atoms with Gasteiger partial charge in [0.15, 0.2) is 0 Å². The number of hydrogen-bond acceptors (Lipinski definition) is 4. The minimum atomic E-state index is -0.293. The van der Waals surface area contributed by atoms with Gasteiger partial charge in [-0.3, -0.25) is 9.78 Å². The van der Waals surface area contributed by atoms with Crippen molar-refractivity contribution in [2.45, 2.75) is 0 Å². The highest BCUT2D eigenvalue weighted by molar-refractivity contribution is 6.07. The molecule has 0 aliphatic heterocycles. The van der Waals surface area contributed by atoms with Crippen LogP contribution in [-0.2, 0) is 0 Å². The Morgan fingerprint density at radius 2 is 1.57 bits per heavy atom. The molecule has 4 aromatic rings. The number of anilines is 1. The van der Waals surface area contributed by atoms with E-state index in [-0.39, 0.29) is 5.91 Å². The molecule has 0 unspecified atom stereocenters. The number of hydrogen-bond donors (Lipinski definition) is 1. The Balaban J connectivity index is 1.79. The van der Waals surface area contributed by atoms with Crippen LogP contribution in [0.2, 0.25) is 0 Å². The van der Waals surface area contributed by atoms with Gasteiger partial charge in [0.25, 0.3) is 5.91 Å². The number of pyridine rings is 3. The van der Waals surface area contributed by atoms with Crippen molar-refractivity contribution >= 4 is 33.5 Å². The lowest BCUT2D eigenvalue weighted by Gasteiger charge is -2.06. The summed E-state index contributed by atoms with van der Waals surface area (Å²) in [4.78, 5) is 25.3. The van der Waals surface area contributed by atoms with E-state index in [2.05, 4.69) is 20.3 Å². The number of rotatable bonds is 2. The van der Waals surface area contributed by atoms with Gasteiger partial charge in [-0.1, -0.05) is 30.3 Å². The molecule has 0 spiro atoms. The van der Waals surface area contributed by atoms with E-state index < -0.39 is 0 Å². The molecule has 1 amide bonds. The van der Waals surface area contributed by atoms with Crippen molar-refractivity contribution in [3.05, 3.63) is 72.7 Å². The monoisotopic (exact) mass is 300 g/mol. The predicted octanol–water partition coefficient (Wildman–Crippen LogP) is 3.43. The van der Waals surface area contributed by atoms with E-state index in [4.69, 9.17) is 0 Å². The lowest BCUT2D eigenvalue weighted by atomic mass is 10.1. The second kappa shape index (κ2) is 5.46. The minimum absolute atomic E-state index is 0.293. The summed E-state index contributed by atoms with van der Waals surface area (Å²) < 4.78 is 0. The number of nitrogens with one attached hydrogen (secondary N) is 1. The highest BCUT2D eigenvalue weighted by Crippen LogP contribution is 2.22. The van der Waals surface area contributed by atoms with Crippen molar-refractivity contribution in [2.75, 3.05) is 5.32 Å². The summed E-state index contributed by atoms with van der Waals surface area (Å²) in [5.41, 5.74) is 1.84. The van der Waals surface area contributed by atoms with Crippen LogP contribution < -0.4 is 5.32 Å². The first kappa shape index (κ1) is 13.3. The van der Waals surface area contributed by atoms with E-state index in [9.17, 15) is 4.79 Å². The van der Waals surface area contributed by atoms with Crippen LogP contribution in [0.25, 0.3) is 21.8 Å². The van der Waals surface area contributed by atoms with Crippen LogP contribution in [0.3, 0.4) is 0 Å². The topological polar surface area (TPSA) is 67.8 Å². The van der Waals surface area contributed by atoms with Gasteiger partial charge in [-0.25, -0.2) is 9.97 Å². The largest absolute Gasteiger partial charge is 0.305 e. The predicted molar refractivity (Wildman–Crippen MR) is 89.2 cm³/mol. The fourth-order valence-corrected chi connectivity index (χ4v) is 2.47. The Labute approximate surface area is 132 Å². The van der Waals surface area contributed by atoms with Crippen molar-refractivity contribution in [2.24, 2.45) is 0 Å². The number of carbonyl (C=O) groups is 1. The van der Waals surface area contributed by atoms with Crippen LogP contribution in [0.5, 0.6) is 0 Å². The molecule has 0 bridgehead atoms. The van der Waals surface area contributed by atoms with Crippen LogP contribution >= 0.6 is 0 Å². The van der Waals surface area contributed by atoms with Gasteiger partial charge in [-0.15, -0.1) is 0 Å². The van der Waals surface area contributed by atoms with Gasteiger partial charge in [0, 0.05) is 23.2 Å². The first-order valence-corrected chi connectivity index (χ1v) is 7.18. The van der Waals surface area contributed by atoms with Crippen molar-refractivity contribution in [1.82, 2.24) is 15.0 Å². The first-order valence-electron chi connectivity index (χ1n) is 7.18. The van der Waals surface area contributed by atoms with Crippen LogP contribution in [0.15, 0.2) is 67.0 Å². The molecule has 1 aromatic carbocycles. The molecular weight excluding hydrogens is 288 g/mol. The summed E-state index contributed by atoms with van der Waals surface area (Å²) in [5, 5.41) is 4.68. The zero-order valence-corrected chi connectivity index (χ0v) is 12.1. The van der Waals surface area contributed by atoms with Crippen LogP contribution in [0.4, 0.5) is 5.82 Å². The second-order valence-electron chi connectivity index (χ2n) is 5.08. The molecule has 0 saturated heterocycles. The Morgan fingerprint density at radius 1 is 0.783 bits per heavy atom. The van der Waals surface area contributed by atoms with Gasteiger partial charge in [0.2, 0.25) is 0 Å². The maximum absolute atomic E-state index is 12.4. The zero-order valence-electron chi connectivity index (χ0n) is 12.1. The van der Waals surface area contributed by atoms with Crippen molar-refractivity contribution in [1.29, 1.82) is 0 Å². The number of carbonyl (C=O) groups excluding carboxylic acids is 1. The van der Waals surface area contributed by atoms with E-state index in [0.29, 0.717) is 11.5 Å². The SMILES string of the molecule is O=C(Nc1ccccn1)c1ccc2ccc3cccnc3c2n1. The van der Waals surface area contributed by atoms with Crippen LogP contribution in [0, 0.1) is 0 Å². The molecule has 5 nitrogen and oxygen atoms in total. The molecule has 0 atom stereocenters. The quantitative estimate of drug-likeness (QED) is 0.576. The van der Waals surface area contributed by atoms with Crippen molar-refractivity contribution < 1.29 is 4.79 Å². The third kappa shape index (κ3) is 2.48. The number of aromatic nitrogens is 3. The molecule has 1 N–H and O–H groups in total. The highest BCUT2D eigenvalue weighted by Gasteiger charge is 2.11. The van der Waals surface area contributed by atoms with E-state index >= 15 is 0 Å². The molecule has 0 aliphatic carbocycles. The molecule has 3 heterocycles. The minimum Gasteiger partial charge on any atom is -0.305 e. The number of benzene rings is 1. The van der Waals surface area contributed by atoms with Gasteiger partial charge < -0.3 is 5.32 Å². The molecule has 0 radical (unpaired) electrons. The molecule has 0 aliphatic rings. The normalized spacial score (nSPS) is 10.8. The smallest absolute Gasteiger partial charge is 0.275 e. The summed E-state index contributed by atoms with van der Waals surface area (Å²) in [6, 6.07) is 16.8. The third-order valence-electron chi connectivity index (χ3n) is 3.57. The Kier molecular flexibility index (Phi) is 3.16. The van der Waals surface area contributed by atoms with E-state index in [1.807, 2.05) is 36.4 Å². The Morgan fingerprint density at radius 3 is 2.39 bits per heavy atom. The number of fused-ring (bicyclic) bond motifs is 3. The van der Waals surface area contributed by atoms with Gasteiger partial charge in [0.05, 0.1) is 11.0 Å². The average Bonchev–Trinajstić information content (AvgIpc) is 2.62. The zero-order chi connectivity index (χ0) is 15.6. The maximum Gasteiger partial charge on any atom is 0.275 e. The summed E-state index contributed by atoms with van der Waals surface area (Å²) in [6.07, 6.45) is 3.35. The average molecular weight is 300 g/mol. The van der Waals surface area contributed by atoms with E-state index in [0.717, 1.165) is 21.8 Å². The van der Waals surface area contributed by atoms with Crippen molar-refractivity contribution in [3.8, 4) is 0 Å². The van der Waals surface area contributed by atoms with Gasteiger partial charge in [-0.05, 0) is 24.3 Å². The second-order valence-corrected chi connectivity index (χ2v) is 5.08. The lowest BCUT2D eigenvalue weighted by Crippen LogP contribution is -2.14. The van der Waals surface area contributed by atoms with Gasteiger partial charge >= 0.3 is 0 Å². The summed E-state index contributed by atoms with van der Waals surface area (Å²) >= 11 is 0. The van der Waals surface area contributed by atoms with E-state index in [1.54, 1.807) is 30.6 Å². The third-order valence-corrected chi connectivity index (χ3v) is 3.57.